The van der Waals surface area contributed by atoms with E-state index in [-0.39, 0.29) is 17.8 Å². The molecule has 0 aromatic carbocycles. The minimum absolute atomic E-state index is 0.0931. The maximum absolute atomic E-state index is 11.8. The van der Waals surface area contributed by atoms with Crippen LogP contribution in [0.2, 0.25) is 0 Å². The highest BCUT2D eigenvalue weighted by atomic mass is 16.6. The number of carbonyl (C=O) groups is 1. The summed E-state index contributed by atoms with van der Waals surface area (Å²) in [5.41, 5.74) is -1.78. The third-order valence-electron chi connectivity index (χ3n) is 2.76. The van der Waals surface area contributed by atoms with Gasteiger partial charge in [-0.15, -0.1) is 0 Å². The lowest BCUT2D eigenvalue weighted by molar-refractivity contribution is -0.385. The molecule has 0 aliphatic rings. The van der Waals surface area contributed by atoms with Crippen molar-refractivity contribution in [3.8, 4) is 6.07 Å². The lowest BCUT2D eigenvalue weighted by atomic mass is 9.98. The van der Waals surface area contributed by atoms with Gasteiger partial charge in [0.05, 0.1) is 12.0 Å². The van der Waals surface area contributed by atoms with Gasteiger partial charge in [0.1, 0.15) is 18.0 Å². The number of nitrogens with zero attached hydrogens (tertiary/aromatic N) is 4. The number of methoxy groups -OCH3 is 1. The Balaban J connectivity index is 3.46. The minimum atomic E-state index is -1.67. The van der Waals surface area contributed by atoms with E-state index in [1.807, 2.05) is 6.07 Å². The number of ether oxygens (including phenoxy) is 1. The third-order valence-corrected chi connectivity index (χ3v) is 2.76. The van der Waals surface area contributed by atoms with Crippen LogP contribution in [-0.4, -0.2) is 27.8 Å². The molecule has 0 radical (unpaired) electrons. The number of hydrogen-bond donors (Lipinski definition) is 0. The van der Waals surface area contributed by atoms with Crippen LogP contribution in [0.15, 0.2) is 6.20 Å². The van der Waals surface area contributed by atoms with Gasteiger partial charge in [-0.2, -0.15) is 10.4 Å². The number of esters is 1. The van der Waals surface area contributed by atoms with E-state index < -0.39 is 16.4 Å². The average Bonchev–Trinajstić information content (AvgIpc) is 2.74. The van der Waals surface area contributed by atoms with Gasteiger partial charge in [0.25, 0.3) is 0 Å². The molecule has 1 aromatic heterocycles. The van der Waals surface area contributed by atoms with Crippen LogP contribution in [0.25, 0.3) is 0 Å². The Morgan fingerprint density at radius 3 is 2.72 bits per heavy atom. The van der Waals surface area contributed by atoms with E-state index in [0.29, 0.717) is 0 Å². The largest absolute Gasteiger partial charge is 0.466 e. The van der Waals surface area contributed by atoms with E-state index in [0.717, 1.165) is 18.0 Å². The monoisotopic (exact) mass is 252 g/mol. The Morgan fingerprint density at radius 1 is 1.78 bits per heavy atom. The fourth-order valence-electron chi connectivity index (χ4n) is 1.69. The molecule has 8 nitrogen and oxygen atoms in total. The van der Waals surface area contributed by atoms with E-state index in [2.05, 4.69) is 9.84 Å². The van der Waals surface area contributed by atoms with Crippen molar-refractivity contribution in [1.29, 1.82) is 5.26 Å². The molecule has 1 atom stereocenters. The number of carbonyl (C=O) groups excluding carboxylic acids is 1. The van der Waals surface area contributed by atoms with Crippen LogP contribution in [0.4, 0.5) is 5.69 Å². The molecule has 0 N–H and O–H groups in total. The zero-order valence-electron chi connectivity index (χ0n) is 10.2. The van der Waals surface area contributed by atoms with Crippen LogP contribution >= 0.6 is 0 Å². The zero-order chi connectivity index (χ0) is 13.9. The van der Waals surface area contributed by atoms with Gasteiger partial charge in [0, 0.05) is 0 Å². The maximum atomic E-state index is 11.8. The third kappa shape index (κ3) is 1.79. The summed E-state index contributed by atoms with van der Waals surface area (Å²) in [4.78, 5) is 21.9. The molecule has 0 spiro atoms. The van der Waals surface area contributed by atoms with Gasteiger partial charge in [0.15, 0.2) is 0 Å². The summed E-state index contributed by atoms with van der Waals surface area (Å²) in [6.07, 6.45) is 1.11. The lowest BCUT2D eigenvalue weighted by Gasteiger charge is -2.23. The van der Waals surface area contributed by atoms with Gasteiger partial charge < -0.3 is 4.74 Å². The van der Waals surface area contributed by atoms with E-state index in [1.54, 1.807) is 6.92 Å². The number of aromatic nitrogens is 2. The molecule has 0 saturated carbocycles. The number of rotatable bonds is 4. The molecule has 1 rings (SSSR count). The second-order valence-corrected chi connectivity index (χ2v) is 3.60. The molecule has 0 bridgehead atoms. The van der Waals surface area contributed by atoms with Crippen LogP contribution < -0.4 is 0 Å². The van der Waals surface area contributed by atoms with Crippen molar-refractivity contribution in [2.75, 3.05) is 7.11 Å². The molecule has 0 amide bonds. The Hall–Kier alpha value is -2.43. The second-order valence-electron chi connectivity index (χ2n) is 3.60. The lowest BCUT2D eigenvalue weighted by Crippen LogP contribution is -2.42. The van der Waals surface area contributed by atoms with Crippen LogP contribution in [-0.2, 0) is 15.1 Å². The molecule has 18 heavy (non-hydrogen) atoms. The van der Waals surface area contributed by atoms with Crippen LogP contribution in [0, 0.1) is 28.4 Å². The Morgan fingerprint density at radius 2 is 2.39 bits per heavy atom. The van der Waals surface area contributed by atoms with Crippen molar-refractivity contribution in [2.24, 2.45) is 0 Å². The summed E-state index contributed by atoms with van der Waals surface area (Å²) < 4.78 is 5.62. The van der Waals surface area contributed by atoms with Crippen molar-refractivity contribution in [3.63, 3.8) is 0 Å². The Labute approximate surface area is 103 Å². The highest BCUT2D eigenvalue weighted by Crippen LogP contribution is 2.27. The molecule has 1 unspecified atom stereocenters. The highest BCUT2D eigenvalue weighted by Gasteiger charge is 2.43. The first-order valence-electron chi connectivity index (χ1n) is 5.13. The first-order chi connectivity index (χ1) is 8.44. The first kappa shape index (κ1) is 13.6. The van der Waals surface area contributed by atoms with Crippen molar-refractivity contribution in [2.45, 2.75) is 25.8 Å². The summed E-state index contributed by atoms with van der Waals surface area (Å²) in [7, 11) is 1.15. The summed E-state index contributed by atoms with van der Waals surface area (Å²) in [5.74, 6) is -0.798. The van der Waals surface area contributed by atoms with E-state index >= 15 is 0 Å². The van der Waals surface area contributed by atoms with Crippen LogP contribution in [0.5, 0.6) is 0 Å². The van der Waals surface area contributed by atoms with E-state index in [4.69, 9.17) is 0 Å². The van der Waals surface area contributed by atoms with Gasteiger partial charge in [-0.1, -0.05) is 6.92 Å². The highest BCUT2D eigenvalue weighted by molar-refractivity contribution is 5.82. The van der Waals surface area contributed by atoms with Crippen molar-refractivity contribution >= 4 is 11.7 Å². The topological polar surface area (TPSA) is 111 Å². The predicted octanol–water partition coefficient (Wildman–Crippen LogP) is 0.902. The van der Waals surface area contributed by atoms with Crippen molar-refractivity contribution in [1.82, 2.24) is 9.78 Å². The normalized spacial score (nSPS) is 13.4. The van der Waals surface area contributed by atoms with Gasteiger partial charge >= 0.3 is 11.7 Å². The minimum Gasteiger partial charge on any atom is -0.466 e. The Kier molecular flexibility index (Phi) is 3.66. The number of nitriles is 1. The standard InChI is InChI=1S/C10H12N4O4/c1-4-10(6-11,9(15)18-3)13-7(2)8(5-12-13)14(16)17/h5H,4H2,1-3H3. The van der Waals surface area contributed by atoms with Crippen LogP contribution in [0.1, 0.15) is 19.0 Å². The van der Waals surface area contributed by atoms with Gasteiger partial charge in [0.2, 0.25) is 5.54 Å². The predicted molar refractivity (Wildman–Crippen MR) is 59.5 cm³/mol. The molecule has 0 aliphatic carbocycles. The fourth-order valence-corrected chi connectivity index (χ4v) is 1.69. The van der Waals surface area contributed by atoms with Crippen molar-refractivity contribution in [3.05, 3.63) is 22.0 Å². The summed E-state index contributed by atoms with van der Waals surface area (Å²) in [6, 6.07) is 1.83. The van der Waals surface area contributed by atoms with Gasteiger partial charge in [-0.3, -0.25) is 10.1 Å². The number of hydrogen-bond acceptors (Lipinski definition) is 6. The molecule has 1 aromatic rings. The summed E-state index contributed by atoms with van der Waals surface area (Å²) >= 11 is 0. The molecular formula is C10H12N4O4. The SMILES string of the molecule is CCC(C#N)(C(=O)OC)n1ncc([N+](=O)[O-])c1C. The molecule has 0 aliphatic heterocycles. The molecule has 96 valence electrons. The fraction of sp³-hybridized carbons (Fsp3) is 0.500. The molecular weight excluding hydrogens is 240 g/mol. The smallest absolute Gasteiger partial charge is 0.348 e. The number of nitro groups is 1. The maximum Gasteiger partial charge on any atom is 0.348 e. The average molecular weight is 252 g/mol. The zero-order valence-corrected chi connectivity index (χ0v) is 10.2. The Bertz CT molecular complexity index is 530. The van der Waals surface area contributed by atoms with Crippen molar-refractivity contribution < 1.29 is 14.5 Å². The molecule has 8 heteroatoms. The van der Waals surface area contributed by atoms with Crippen LogP contribution in [0.3, 0.4) is 0 Å². The van der Waals surface area contributed by atoms with Gasteiger partial charge in [-0.05, 0) is 13.3 Å². The first-order valence-corrected chi connectivity index (χ1v) is 5.13. The summed E-state index contributed by atoms with van der Waals surface area (Å²) in [5, 5.41) is 23.7. The molecule has 1 heterocycles. The second kappa shape index (κ2) is 4.83. The molecule has 0 saturated heterocycles. The quantitative estimate of drug-likeness (QED) is 0.447. The summed E-state index contributed by atoms with van der Waals surface area (Å²) in [6.45, 7) is 3.03. The van der Waals surface area contributed by atoms with Gasteiger partial charge in [-0.25, -0.2) is 9.48 Å². The van der Waals surface area contributed by atoms with E-state index in [9.17, 15) is 20.2 Å². The molecule has 0 fully saturated rings. The van der Waals surface area contributed by atoms with E-state index in [1.165, 1.54) is 6.92 Å².